The molecule has 0 saturated carbocycles. The lowest BCUT2D eigenvalue weighted by Crippen LogP contribution is -2.06. The van der Waals surface area contributed by atoms with Crippen molar-refractivity contribution in [3.05, 3.63) is 82.4 Å². The molecule has 0 aliphatic heterocycles. The fourth-order valence-electron chi connectivity index (χ4n) is 3.37. The highest BCUT2D eigenvalue weighted by atomic mass is 32.1. The third-order valence-corrected chi connectivity index (χ3v) is 5.90. The second kappa shape index (κ2) is 8.31. The molecule has 0 spiro atoms. The number of carboxylic acid groups (broad SMARTS) is 1. The van der Waals surface area contributed by atoms with Crippen LogP contribution >= 0.6 is 11.3 Å². The van der Waals surface area contributed by atoms with Crippen LogP contribution in [0.15, 0.2) is 53.9 Å². The van der Waals surface area contributed by atoms with Crippen molar-refractivity contribution in [2.24, 2.45) is 0 Å². The molecule has 0 bridgehead atoms. The van der Waals surface area contributed by atoms with Gasteiger partial charge in [-0.2, -0.15) is 0 Å². The Labute approximate surface area is 181 Å². The lowest BCUT2D eigenvalue weighted by molar-refractivity contribution is 0.0696. The van der Waals surface area contributed by atoms with Gasteiger partial charge in [0.1, 0.15) is 22.4 Å². The maximum Gasteiger partial charge on any atom is 0.337 e. The lowest BCUT2D eigenvalue weighted by Gasteiger charge is -2.11. The minimum Gasteiger partial charge on any atom is -0.497 e. The molecule has 31 heavy (non-hydrogen) atoms. The number of hydrogen-bond acceptors (Lipinski definition) is 4. The van der Waals surface area contributed by atoms with Crippen LogP contribution in [0.2, 0.25) is 0 Å². The number of aromatic carboxylic acids is 1. The van der Waals surface area contributed by atoms with E-state index in [9.17, 15) is 18.7 Å². The molecule has 2 aromatic carbocycles. The van der Waals surface area contributed by atoms with Gasteiger partial charge in [0.05, 0.1) is 24.1 Å². The third-order valence-electron chi connectivity index (χ3n) is 5.02. The van der Waals surface area contributed by atoms with Crippen molar-refractivity contribution in [2.75, 3.05) is 7.11 Å². The number of benzene rings is 2. The van der Waals surface area contributed by atoms with E-state index in [0.29, 0.717) is 28.6 Å². The zero-order valence-electron chi connectivity index (χ0n) is 16.7. The fraction of sp³-hybridized carbons (Fsp3) is 0.130. The summed E-state index contributed by atoms with van der Waals surface area (Å²) in [5.41, 5.74) is 3.04. The van der Waals surface area contributed by atoms with Crippen LogP contribution in [0.4, 0.5) is 8.78 Å². The Bertz CT molecular complexity index is 1260. The first-order valence-corrected chi connectivity index (χ1v) is 10.2. The number of methoxy groups -OCH3 is 1. The Hall–Kier alpha value is -3.52. The number of rotatable bonds is 6. The van der Waals surface area contributed by atoms with E-state index >= 15 is 0 Å². The van der Waals surface area contributed by atoms with Gasteiger partial charge >= 0.3 is 5.97 Å². The van der Waals surface area contributed by atoms with Crippen LogP contribution < -0.4 is 4.74 Å². The molecule has 0 atom stereocenters. The summed E-state index contributed by atoms with van der Waals surface area (Å²) in [4.78, 5) is 16.2. The van der Waals surface area contributed by atoms with Gasteiger partial charge in [0.25, 0.3) is 0 Å². The lowest BCUT2D eigenvalue weighted by atomic mass is 10.2. The standard InChI is InChI=1S/C23H18F2N2O3S/c1-13-18(23(28)29)10-21(27(13)11-14-3-6-16(30-2)7-4-14)20-12-31-22(26-20)17-8-5-15(24)9-19(17)25/h3-10,12H,11H2,1-2H3,(H,28,29). The van der Waals surface area contributed by atoms with Gasteiger partial charge < -0.3 is 14.4 Å². The van der Waals surface area contributed by atoms with Gasteiger partial charge in [0, 0.05) is 29.2 Å². The molecule has 4 aromatic rings. The minimum atomic E-state index is -1.03. The highest BCUT2D eigenvalue weighted by molar-refractivity contribution is 7.13. The van der Waals surface area contributed by atoms with E-state index < -0.39 is 17.6 Å². The van der Waals surface area contributed by atoms with E-state index in [4.69, 9.17) is 4.74 Å². The van der Waals surface area contributed by atoms with Crippen LogP contribution in [0.25, 0.3) is 22.0 Å². The topological polar surface area (TPSA) is 64.4 Å². The summed E-state index contributed by atoms with van der Waals surface area (Å²) in [7, 11) is 1.59. The molecular formula is C23H18F2N2O3S. The van der Waals surface area contributed by atoms with Crippen molar-refractivity contribution in [3.8, 4) is 27.7 Å². The number of ether oxygens (including phenoxy) is 1. The van der Waals surface area contributed by atoms with Crippen molar-refractivity contribution in [1.29, 1.82) is 0 Å². The summed E-state index contributed by atoms with van der Waals surface area (Å²) in [6.45, 7) is 2.17. The van der Waals surface area contributed by atoms with Crippen molar-refractivity contribution in [2.45, 2.75) is 13.5 Å². The van der Waals surface area contributed by atoms with Crippen molar-refractivity contribution in [3.63, 3.8) is 0 Å². The van der Waals surface area contributed by atoms with Crippen molar-refractivity contribution >= 4 is 17.3 Å². The molecule has 0 unspecified atom stereocenters. The van der Waals surface area contributed by atoms with E-state index in [2.05, 4.69) is 4.98 Å². The van der Waals surface area contributed by atoms with Crippen LogP contribution in [-0.2, 0) is 6.54 Å². The zero-order valence-corrected chi connectivity index (χ0v) is 17.5. The highest BCUT2D eigenvalue weighted by Gasteiger charge is 2.21. The second-order valence-electron chi connectivity index (χ2n) is 6.93. The number of hydrogen-bond donors (Lipinski definition) is 1. The molecule has 0 radical (unpaired) electrons. The summed E-state index contributed by atoms with van der Waals surface area (Å²) >= 11 is 1.21. The molecule has 0 aliphatic carbocycles. The van der Waals surface area contributed by atoms with E-state index in [1.807, 2.05) is 28.8 Å². The molecule has 0 saturated heterocycles. The van der Waals surface area contributed by atoms with E-state index in [1.165, 1.54) is 23.5 Å². The number of thiazole rings is 1. The first kappa shape index (κ1) is 20.7. The average Bonchev–Trinajstić information content (AvgIpc) is 3.34. The average molecular weight is 440 g/mol. The van der Waals surface area contributed by atoms with Crippen LogP contribution in [0.5, 0.6) is 5.75 Å². The highest BCUT2D eigenvalue weighted by Crippen LogP contribution is 2.33. The molecule has 0 fully saturated rings. The molecule has 1 N–H and O–H groups in total. The Balaban J connectivity index is 1.76. The summed E-state index contributed by atoms with van der Waals surface area (Å²) in [5, 5.41) is 11.7. The number of halogens is 2. The molecule has 0 amide bonds. The Morgan fingerprint density at radius 3 is 2.55 bits per heavy atom. The van der Waals surface area contributed by atoms with Gasteiger partial charge in [-0.3, -0.25) is 0 Å². The Morgan fingerprint density at radius 1 is 1.16 bits per heavy atom. The number of aromatic nitrogens is 2. The van der Waals surface area contributed by atoms with E-state index in [0.717, 1.165) is 17.4 Å². The molecule has 158 valence electrons. The number of carboxylic acids is 1. The monoisotopic (exact) mass is 440 g/mol. The predicted octanol–water partition coefficient (Wildman–Crippen LogP) is 5.62. The van der Waals surface area contributed by atoms with Crippen molar-refractivity contribution < 1.29 is 23.4 Å². The second-order valence-corrected chi connectivity index (χ2v) is 7.79. The molecular weight excluding hydrogens is 422 g/mol. The van der Waals surface area contributed by atoms with E-state index in [1.54, 1.807) is 25.5 Å². The van der Waals surface area contributed by atoms with Crippen LogP contribution in [0, 0.1) is 18.6 Å². The molecule has 0 aliphatic rings. The van der Waals surface area contributed by atoms with E-state index in [-0.39, 0.29) is 11.1 Å². The van der Waals surface area contributed by atoms with Gasteiger partial charge in [-0.1, -0.05) is 12.1 Å². The maximum absolute atomic E-state index is 14.2. The summed E-state index contributed by atoms with van der Waals surface area (Å²) < 4.78 is 34.5. The molecule has 2 heterocycles. The summed E-state index contributed by atoms with van der Waals surface area (Å²) in [6, 6.07) is 12.4. The van der Waals surface area contributed by atoms with Crippen LogP contribution in [-0.4, -0.2) is 27.7 Å². The van der Waals surface area contributed by atoms with Gasteiger partial charge in [-0.05, 0) is 42.8 Å². The predicted molar refractivity (Wildman–Crippen MR) is 115 cm³/mol. The number of carbonyl (C=O) groups is 1. The first-order chi connectivity index (χ1) is 14.9. The van der Waals surface area contributed by atoms with Crippen molar-refractivity contribution in [1.82, 2.24) is 9.55 Å². The van der Waals surface area contributed by atoms with Gasteiger partial charge in [0.15, 0.2) is 0 Å². The van der Waals surface area contributed by atoms with Crippen LogP contribution in [0.1, 0.15) is 21.6 Å². The third kappa shape index (κ3) is 4.06. The van der Waals surface area contributed by atoms with Gasteiger partial charge in [-0.25, -0.2) is 18.6 Å². The SMILES string of the molecule is COc1ccc(Cn2c(-c3csc(-c4ccc(F)cc4F)n3)cc(C(=O)O)c2C)cc1. The molecule has 2 aromatic heterocycles. The Kier molecular flexibility index (Phi) is 5.56. The normalized spacial score (nSPS) is 11.0. The Morgan fingerprint density at radius 2 is 1.90 bits per heavy atom. The van der Waals surface area contributed by atoms with Gasteiger partial charge in [-0.15, -0.1) is 11.3 Å². The zero-order chi connectivity index (χ0) is 22.1. The summed E-state index contributed by atoms with van der Waals surface area (Å²) in [5.74, 6) is -1.66. The summed E-state index contributed by atoms with van der Waals surface area (Å²) in [6.07, 6.45) is 0. The van der Waals surface area contributed by atoms with Crippen LogP contribution in [0.3, 0.4) is 0 Å². The number of nitrogens with zero attached hydrogens (tertiary/aromatic N) is 2. The molecule has 4 rings (SSSR count). The smallest absolute Gasteiger partial charge is 0.337 e. The fourth-order valence-corrected chi connectivity index (χ4v) is 4.21. The molecule has 5 nitrogen and oxygen atoms in total. The quantitative estimate of drug-likeness (QED) is 0.423. The molecule has 8 heteroatoms. The minimum absolute atomic E-state index is 0.172. The first-order valence-electron chi connectivity index (χ1n) is 9.35. The maximum atomic E-state index is 14.2. The van der Waals surface area contributed by atoms with Gasteiger partial charge in [0.2, 0.25) is 0 Å². The largest absolute Gasteiger partial charge is 0.497 e.